The highest BCUT2D eigenvalue weighted by Gasteiger charge is 2.20. The van der Waals surface area contributed by atoms with E-state index in [0.717, 1.165) is 22.8 Å². The first-order valence-electron chi connectivity index (χ1n) is 9.80. The molecule has 0 aliphatic heterocycles. The molecule has 0 radical (unpaired) electrons. The molecule has 0 atom stereocenters. The number of aromatic nitrogens is 3. The smallest absolute Gasteiger partial charge is 0.230 e. The van der Waals surface area contributed by atoms with Gasteiger partial charge in [0.25, 0.3) is 0 Å². The van der Waals surface area contributed by atoms with Crippen LogP contribution in [0.15, 0.2) is 69.0 Å². The van der Waals surface area contributed by atoms with Crippen LogP contribution in [0.25, 0.3) is 17.1 Å². The van der Waals surface area contributed by atoms with Crippen LogP contribution in [0.2, 0.25) is 0 Å². The zero-order valence-corrected chi connectivity index (χ0v) is 18.0. The first-order chi connectivity index (χ1) is 15.2. The number of amides is 1. The highest BCUT2D eigenvalue weighted by atomic mass is 32.2. The number of hydrogen-bond donors (Lipinski definition) is 1. The largest absolute Gasteiger partial charge is 0.494 e. The molecule has 0 saturated heterocycles. The topological polar surface area (TPSA) is 95.3 Å². The number of rotatable bonds is 9. The predicted molar refractivity (Wildman–Crippen MR) is 116 cm³/mol. The molecule has 1 amide bonds. The van der Waals surface area contributed by atoms with E-state index in [1.54, 1.807) is 18.6 Å². The molecule has 0 saturated carbocycles. The minimum Gasteiger partial charge on any atom is -0.494 e. The molecule has 1 aromatic carbocycles. The second-order valence-electron chi connectivity index (χ2n) is 6.60. The average molecular weight is 439 g/mol. The lowest BCUT2D eigenvalue weighted by molar-refractivity contribution is -0.118. The van der Waals surface area contributed by atoms with Crippen molar-refractivity contribution >= 4 is 17.7 Å². The molecule has 31 heavy (non-hydrogen) atoms. The molecule has 9 heteroatoms. The number of thioether (sulfide) groups is 1. The van der Waals surface area contributed by atoms with Crippen molar-refractivity contribution in [1.82, 2.24) is 20.1 Å². The van der Waals surface area contributed by atoms with E-state index in [-0.39, 0.29) is 11.7 Å². The Morgan fingerprint density at radius 3 is 2.65 bits per heavy atom. The lowest BCUT2D eigenvalue weighted by atomic mass is 10.2. The van der Waals surface area contributed by atoms with Gasteiger partial charge in [-0.3, -0.25) is 9.36 Å². The molecule has 0 aliphatic rings. The number of hydrogen-bond acceptors (Lipinski definition) is 7. The summed E-state index contributed by atoms with van der Waals surface area (Å²) in [4.78, 5) is 12.3. The summed E-state index contributed by atoms with van der Waals surface area (Å²) in [5.41, 5.74) is 1.71. The van der Waals surface area contributed by atoms with Gasteiger partial charge in [0, 0.05) is 0 Å². The van der Waals surface area contributed by atoms with E-state index >= 15 is 0 Å². The Kier molecular flexibility index (Phi) is 6.42. The van der Waals surface area contributed by atoms with Crippen LogP contribution in [0.1, 0.15) is 18.4 Å². The van der Waals surface area contributed by atoms with Gasteiger partial charge in [-0.2, -0.15) is 0 Å². The number of nitrogens with one attached hydrogen (secondary N) is 1. The molecule has 8 nitrogen and oxygen atoms in total. The fourth-order valence-corrected chi connectivity index (χ4v) is 3.81. The van der Waals surface area contributed by atoms with Crippen molar-refractivity contribution in [3.63, 3.8) is 0 Å². The summed E-state index contributed by atoms with van der Waals surface area (Å²) in [5, 5.41) is 12.1. The molecular weight excluding hydrogens is 416 g/mol. The highest BCUT2D eigenvalue weighted by molar-refractivity contribution is 7.99. The number of benzene rings is 1. The second kappa shape index (κ2) is 9.57. The monoisotopic (exact) mass is 438 g/mol. The lowest BCUT2D eigenvalue weighted by Crippen LogP contribution is -2.24. The van der Waals surface area contributed by atoms with Crippen LogP contribution in [0.3, 0.4) is 0 Å². The van der Waals surface area contributed by atoms with Crippen molar-refractivity contribution in [1.29, 1.82) is 0 Å². The quantitative estimate of drug-likeness (QED) is 0.391. The number of ether oxygens (including phenoxy) is 1. The minimum absolute atomic E-state index is 0.122. The number of aryl methyl sites for hydroxylation is 1. The SMILES string of the molecule is CCOc1ccc(-n2c(SCC(=O)NCc3ccco3)nnc2-c2ccoc2C)cc1. The van der Waals surface area contributed by atoms with Gasteiger partial charge in [-0.25, -0.2) is 0 Å². The van der Waals surface area contributed by atoms with Crippen molar-refractivity contribution in [2.45, 2.75) is 25.5 Å². The molecule has 3 aromatic heterocycles. The van der Waals surface area contributed by atoms with Gasteiger partial charge in [0.05, 0.1) is 42.7 Å². The van der Waals surface area contributed by atoms with E-state index in [9.17, 15) is 4.79 Å². The second-order valence-corrected chi connectivity index (χ2v) is 7.55. The molecule has 3 heterocycles. The van der Waals surface area contributed by atoms with Gasteiger partial charge in [0.15, 0.2) is 11.0 Å². The first-order valence-corrected chi connectivity index (χ1v) is 10.8. The van der Waals surface area contributed by atoms with Crippen molar-refractivity contribution < 1.29 is 18.4 Å². The minimum atomic E-state index is -0.122. The third kappa shape index (κ3) is 4.83. The number of carbonyl (C=O) groups is 1. The Morgan fingerprint density at radius 2 is 1.97 bits per heavy atom. The molecular formula is C22H22N4O4S. The fraction of sp³-hybridized carbons (Fsp3) is 0.227. The van der Waals surface area contributed by atoms with Gasteiger partial charge in [-0.05, 0) is 56.3 Å². The predicted octanol–water partition coefficient (Wildman–Crippen LogP) is 4.24. The van der Waals surface area contributed by atoms with Crippen molar-refractivity contribution in [3.8, 4) is 22.8 Å². The maximum atomic E-state index is 12.3. The fourth-order valence-electron chi connectivity index (χ4n) is 3.03. The molecule has 4 aromatic rings. The lowest BCUT2D eigenvalue weighted by Gasteiger charge is -2.11. The molecule has 0 spiro atoms. The summed E-state index contributed by atoms with van der Waals surface area (Å²) in [7, 11) is 0. The van der Waals surface area contributed by atoms with E-state index in [2.05, 4.69) is 15.5 Å². The van der Waals surface area contributed by atoms with Crippen LogP contribution in [-0.2, 0) is 11.3 Å². The first kappa shape index (κ1) is 20.8. The van der Waals surface area contributed by atoms with Gasteiger partial charge in [0.1, 0.15) is 17.3 Å². The van der Waals surface area contributed by atoms with Crippen molar-refractivity contribution in [2.24, 2.45) is 0 Å². The highest BCUT2D eigenvalue weighted by Crippen LogP contribution is 2.30. The van der Waals surface area contributed by atoms with Crippen molar-refractivity contribution in [3.05, 3.63) is 66.5 Å². The van der Waals surface area contributed by atoms with E-state index in [4.69, 9.17) is 13.6 Å². The van der Waals surface area contributed by atoms with Gasteiger partial charge in [-0.1, -0.05) is 11.8 Å². The number of carbonyl (C=O) groups excluding carboxylic acids is 1. The third-order valence-corrected chi connectivity index (χ3v) is 5.44. The molecule has 1 N–H and O–H groups in total. The van der Waals surface area contributed by atoms with E-state index in [1.165, 1.54) is 11.8 Å². The zero-order valence-electron chi connectivity index (χ0n) is 17.2. The Balaban J connectivity index is 1.56. The van der Waals surface area contributed by atoms with E-state index in [1.807, 2.05) is 54.8 Å². The van der Waals surface area contributed by atoms with Crippen molar-refractivity contribution in [2.75, 3.05) is 12.4 Å². The Bertz CT molecular complexity index is 1130. The van der Waals surface area contributed by atoms with E-state index in [0.29, 0.717) is 29.9 Å². The summed E-state index contributed by atoms with van der Waals surface area (Å²) < 4.78 is 18.2. The maximum absolute atomic E-state index is 12.3. The normalized spacial score (nSPS) is 10.9. The molecule has 0 bridgehead atoms. The Hall–Kier alpha value is -3.46. The summed E-state index contributed by atoms with van der Waals surface area (Å²) in [6.45, 7) is 4.76. The van der Waals surface area contributed by atoms with Gasteiger partial charge in [0.2, 0.25) is 5.91 Å². The Labute approximate surface area is 183 Å². The van der Waals surface area contributed by atoms with Gasteiger partial charge >= 0.3 is 0 Å². The molecule has 0 fully saturated rings. The Morgan fingerprint density at radius 1 is 1.13 bits per heavy atom. The summed E-state index contributed by atoms with van der Waals surface area (Å²) >= 11 is 1.31. The number of furan rings is 2. The van der Waals surface area contributed by atoms with Crippen LogP contribution in [-0.4, -0.2) is 33.0 Å². The molecule has 0 unspecified atom stereocenters. The molecule has 160 valence electrons. The summed E-state index contributed by atoms with van der Waals surface area (Å²) in [5.74, 6) is 2.95. The standard InChI is InChI=1S/C22H22N4O4S/c1-3-28-17-8-6-16(7-9-17)26-21(19-10-12-29-15(19)2)24-25-22(26)31-14-20(27)23-13-18-5-4-11-30-18/h4-12H,3,13-14H2,1-2H3,(H,23,27). The van der Waals surface area contributed by atoms with Crippen LogP contribution >= 0.6 is 11.8 Å². The van der Waals surface area contributed by atoms with Crippen LogP contribution in [0.4, 0.5) is 0 Å². The van der Waals surface area contributed by atoms with Crippen LogP contribution in [0, 0.1) is 6.92 Å². The van der Waals surface area contributed by atoms with Gasteiger partial charge in [-0.15, -0.1) is 10.2 Å². The average Bonchev–Trinajstić information content (AvgIpc) is 3.52. The van der Waals surface area contributed by atoms with E-state index < -0.39 is 0 Å². The summed E-state index contributed by atoms with van der Waals surface area (Å²) in [6, 6.07) is 13.1. The maximum Gasteiger partial charge on any atom is 0.230 e. The van der Waals surface area contributed by atoms with Gasteiger partial charge < -0.3 is 18.9 Å². The summed E-state index contributed by atoms with van der Waals surface area (Å²) in [6.07, 6.45) is 3.20. The molecule has 0 aliphatic carbocycles. The van der Waals surface area contributed by atoms with Crippen LogP contribution < -0.4 is 10.1 Å². The van der Waals surface area contributed by atoms with Crippen LogP contribution in [0.5, 0.6) is 5.75 Å². The number of nitrogens with zero attached hydrogens (tertiary/aromatic N) is 3. The zero-order chi connectivity index (χ0) is 21.6. The molecule has 4 rings (SSSR count). The third-order valence-electron chi connectivity index (χ3n) is 4.51.